The van der Waals surface area contributed by atoms with Crippen LogP contribution in [-0.4, -0.2) is 23.5 Å². The molecular weight excluding hydrogens is 218 g/mol. The van der Waals surface area contributed by atoms with Gasteiger partial charge in [0.2, 0.25) is 0 Å². The summed E-state index contributed by atoms with van der Waals surface area (Å²) < 4.78 is 0. The van der Waals surface area contributed by atoms with Gasteiger partial charge < -0.3 is 0 Å². The van der Waals surface area contributed by atoms with E-state index in [2.05, 4.69) is 32.6 Å². The molecule has 0 aromatic carbocycles. The topological polar surface area (TPSA) is 3.24 Å². The lowest BCUT2D eigenvalue weighted by Crippen LogP contribution is -2.43. The van der Waals surface area contributed by atoms with Crippen molar-refractivity contribution in [1.82, 2.24) is 4.90 Å². The standard InChI is InChI=1S/C17H29N/c1-10(2)16-15-12(9-18(16)11(3)4)13-5-6-14(15)17(13)7-8-17/h10-16H,5-9H2,1-4H3. The minimum absolute atomic E-state index is 0.748. The fourth-order valence-corrected chi connectivity index (χ4v) is 6.59. The molecular formula is C17H29N. The van der Waals surface area contributed by atoms with Crippen molar-refractivity contribution in [2.24, 2.45) is 35.0 Å². The van der Waals surface area contributed by atoms with Crippen molar-refractivity contribution in [1.29, 1.82) is 0 Å². The molecule has 5 atom stereocenters. The first-order valence-corrected chi connectivity index (χ1v) is 8.32. The summed E-state index contributed by atoms with van der Waals surface area (Å²) in [4.78, 5) is 2.86. The van der Waals surface area contributed by atoms with Gasteiger partial charge in [0.05, 0.1) is 0 Å². The molecule has 1 spiro atoms. The van der Waals surface area contributed by atoms with Crippen LogP contribution in [0.25, 0.3) is 0 Å². The van der Waals surface area contributed by atoms with E-state index >= 15 is 0 Å². The summed E-state index contributed by atoms with van der Waals surface area (Å²) in [6, 6.07) is 1.64. The van der Waals surface area contributed by atoms with Crippen LogP contribution in [0, 0.1) is 35.0 Å². The lowest BCUT2D eigenvalue weighted by Gasteiger charge is -2.37. The summed E-state index contributed by atoms with van der Waals surface area (Å²) in [6.07, 6.45) is 6.31. The average molecular weight is 247 g/mol. The zero-order valence-electron chi connectivity index (χ0n) is 12.5. The van der Waals surface area contributed by atoms with E-state index in [1.54, 1.807) is 25.7 Å². The van der Waals surface area contributed by atoms with E-state index in [0.717, 1.165) is 47.1 Å². The van der Waals surface area contributed by atoms with Crippen LogP contribution in [0.15, 0.2) is 0 Å². The van der Waals surface area contributed by atoms with E-state index in [1.807, 2.05) is 0 Å². The highest BCUT2D eigenvalue weighted by molar-refractivity contribution is 5.21. The first kappa shape index (κ1) is 11.8. The van der Waals surface area contributed by atoms with Crippen LogP contribution >= 0.6 is 0 Å². The molecule has 1 nitrogen and oxygen atoms in total. The van der Waals surface area contributed by atoms with Gasteiger partial charge in [-0.15, -0.1) is 0 Å². The summed E-state index contributed by atoms with van der Waals surface area (Å²) >= 11 is 0. The minimum atomic E-state index is 0.748. The lowest BCUT2D eigenvalue weighted by atomic mass is 9.75. The van der Waals surface area contributed by atoms with Gasteiger partial charge in [-0.1, -0.05) is 13.8 Å². The summed E-state index contributed by atoms with van der Waals surface area (Å²) in [5, 5.41) is 0. The molecule has 1 heteroatoms. The van der Waals surface area contributed by atoms with Crippen LogP contribution in [0.2, 0.25) is 0 Å². The molecule has 3 aliphatic carbocycles. The van der Waals surface area contributed by atoms with Crippen LogP contribution in [0.3, 0.4) is 0 Å². The van der Waals surface area contributed by atoms with Crippen molar-refractivity contribution >= 4 is 0 Å². The van der Waals surface area contributed by atoms with Gasteiger partial charge in [-0.3, -0.25) is 4.90 Å². The number of hydrogen-bond donors (Lipinski definition) is 0. The normalized spacial score (nSPS) is 48.7. The number of fused-ring (bicyclic) bond motifs is 3. The number of nitrogens with zero attached hydrogens (tertiary/aromatic N) is 1. The Morgan fingerprint density at radius 1 is 1.00 bits per heavy atom. The molecule has 1 heterocycles. The average Bonchev–Trinajstić information content (AvgIpc) is 2.77. The predicted molar refractivity (Wildman–Crippen MR) is 75.3 cm³/mol. The van der Waals surface area contributed by atoms with Crippen LogP contribution in [0.5, 0.6) is 0 Å². The molecule has 3 saturated carbocycles. The largest absolute Gasteiger partial charge is 0.297 e. The van der Waals surface area contributed by atoms with E-state index in [0.29, 0.717) is 0 Å². The first-order chi connectivity index (χ1) is 8.56. The van der Waals surface area contributed by atoms with Gasteiger partial charge in [0.25, 0.3) is 0 Å². The zero-order chi connectivity index (χ0) is 12.7. The van der Waals surface area contributed by atoms with Gasteiger partial charge in [-0.25, -0.2) is 0 Å². The van der Waals surface area contributed by atoms with Crippen molar-refractivity contribution in [2.75, 3.05) is 6.54 Å². The predicted octanol–water partition coefficient (Wildman–Crippen LogP) is 3.79. The summed E-state index contributed by atoms with van der Waals surface area (Å²) in [5.74, 6) is 5.22. The Hall–Kier alpha value is -0.0400. The van der Waals surface area contributed by atoms with Gasteiger partial charge in [0.1, 0.15) is 0 Å². The highest BCUT2D eigenvalue weighted by Gasteiger charge is 2.71. The fraction of sp³-hybridized carbons (Fsp3) is 1.00. The SMILES string of the molecule is CC(C)C1C2C(CN1C(C)C)C1CCC2C12CC2. The second-order valence-electron chi connectivity index (χ2n) is 8.29. The lowest BCUT2D eigenvalue weighted by molar-refractivity contribution is 0.109. The number of likely N-dealkylation sites (tertiary alicyclic amines) is 1. The Kier molecular flexibility index (Phi) is 2.31. The van der Waals surface area contributed by atoms with Gasteiger partial charge in [-0.2, -0.15) is 0 Å². The van der Waals surface area contributed by atoms with Gasteiger partial charge in [0, 0.05) is 18.6 Å². The molecule has 0 amide bonds. The molecule has 4 fully saturated rings. The summed E-state index contributed by atoms with van der Waals surface area (Å²) in [6.45, 7) is 11.2. The third kappa shape index (κ3) is 1.23. The molecule has 18 heavy (non-hydrogen) atoms. The Morgan fingerprint density at radius 3 is 2.22 bits per heavy atom. The molecule has 5 unspecified atom stereocenters. The first-order valence-electron chi connectivity index (χ1n) is 8.32. The summed E-state index contributed by atoms with van der Waals surface area (Å²) in [5.41, 5.74) is 0.880. The van der Waals surface area contributed by atoms with Crippen molar-refractivity contribution in [2.45, 2.75) is 65.5 Å². The van der Waals surface area contributed by atoms with Crippen LogP contribution < -0.4 is 0 Å². The maximum absolute atomic E-state index is 2.86. The minimum Gasteiger partial charge on any atom is -0.297 e. The number of rotatable bonds is 2. The Labute approximate surface area is 112 Å². The van der Waals surface area contributed by atoms with Crippen LogP contribution in [0.4, 0.5) is 0 Å². The second-order valence-corrected chi connectivity index (χ2v) is 8.29. The highest BCUT2D eigenvalue weighted by atomic mass is 15.2. The van der Waals surface area contributed by atoms with E-state index in [-0.39, 0.29) is 0 Å². The monoisotopic (exact) mass is 247 g/mol. The molecule has 0 aromatic heterocycles. The maximum atomic E-state index is 2.86. The third-order valence-corrected chi connectivity index (χ3v) is 7.11. The van der Waals surface area contributed by atoms with Crippen LogP contribution in [0.1, 0.15) is 53.4 Å². The van der Waals surface area contributed by atoms with Crippen molar-refractivity contribution in [3.63, 3.8) is 0 Å². The van der Waals surface area contributed by atoms with Gasteiger partial charge >= 0.3 is 0 Å². The summed E-state index contributed by atoms with van der Waals surface area (Å²) in [7, 11) is 0. The maximum Gasteiger partial charge on any atom is 0.0155 e. The van der Waals surface area contributed by atoms with Crippen LogP contribution in [-0.2, 0) is 0 Å². The Bertz CT molecular complexity index is 355. The zero-order valence-corrected chi connectivity index (χ0v) is 12.5. The number of hydrogen-bond acceptors (Lipinski definition) is 1. The fourth-order valence-electron chi connectivity index (χ4n) is 6.59. The van der Waals surface area contributed by atoms with E-state index < -0.39 is 0 Å². The molecule has 1 saturated heterocycles. The third-order valence-electron chi connectivity index (χ3n) is 7.11. The van der Waals surface area contributed by atoms with E-state index in [4.69, 9.17) is 0 Å². The van der Waals surface area contributed by atoms with E-state index in [1.165, 1.54) is 6.54 Å². The molecule has 2 bridgehead atoms. The Balaban J connectivity index is 1.69. The van der Waals surface area contributed by atoms with Gasteiger partial charge in [0.15, 0.2) is 0 Å². The quantitative estimate of drug-likeness (QED) is 0.717. The molecule has 1 aliphatic heterocycles. The molecule has 0 aromatic rings. The Morgan fingerprint density at radius 2 is 1.67 bits per heavy atom. The molecule has 102 valence electrons. The van der Waals surface area contributed by atoms with Crippen molar-refractivity contribution in [3.8, 4) is 0 Å². The molecule has 4 aliphatic rings. The molecule has 0 N–H and O–H groups in total. The van der Waals surface area contributed by atoms with E-state index in [9.17, 15) is 0 Å². The molecule has 0 radical (unpaired) electrons. The van der Waals surface area contributed by atoms with Crippen molar-refractivity contribution in [3.05, 3.63) is 0 Å². The second kappa shape index (κ2) is 3.53. The molecule has 4 rings (SSSR count). The highest BCUT2D eigenvalue weighted by Crippen LogP contribution is 2.76. The van der Waals surface area contributed by atoms with Gasteiger partial charge in [-0.05, 0) is 74.5 Å². The smallest absolute Gasteiger partial charge is 0.0155 e. The van der Waals surface area contributed by atoms with Crippen molar-refractivity contribution < 1.29 is 0 Å².